The molecule has 0 radical (unpaired) electrons. The Bertz CT molecular complexity index is 360. The van der Waals surface area contributed by atoms with Crippen LogP contribution >= 0.6 is 0 Å². The molecule has 1 saturated carbocycles. The van der Waals surface area contributed by atoms with Gasteiger partial charge in [-0.15, -0.1) is 0 Å². The molecule has 0 bridgehead atoms. The van der Waals surface area contributed by atoms with Crippen LogP contribution in [0, 0.1) is 0 Å². The molecule has 2 N–H and O–H groups in total. The third-order valence-electron chi connectivity index (χ3n) is 4.97. The van der Waals surface area contributed by atoms with Crippen LogP contribution in [-0.4, -0.2) is 54.9 Å². The fourth-order valence-corrected chi connectivity index (χ4v) is 3.79. The van der Waals surface area contributed by atoms with Gasteiger partial charge in [-0.2, -0.15) is 0 Å². The number of rotatable bonds is 3. The Labute approximate surface area is 121 Å². The molecule has 2 aliphatic heterocycles. The van der Waals surface area contributed by atoms with Crippen LogP contribution < -0.4 is 5.73 Å². The first-order chi connectivity index (χ1) is 9.76. The van der Waals surface area contributed by atoms with E-state index in [0.29, 0.717) is 5.96 Å². The zero-order chi connectivity index (χ0) is 14.0. The number of ether oxygens (including phenoxy) is 2. The van der Waals surface area contributed by atoms with Gasteiger partial charge in [0.1, 0.15) is 5.60 Å². The van der Waals surface area contributed by atoms with Crippen molar-refractivity contribution in [3.05, 3.63) is 0 Å². The minimum absolute atomic E-state index is 0.184. The minimum Gasteiger partial charge on any atom is -0.375 e. The summed E-state index contributed by atoms with van der Waals surface area (Å²) in [7, 11) is 0. The average molecular weight is 281 g/mol. The van der Waals surface area contributed by atoms with Gasteiger partial charge in [0.2, 0.25) is 0 Å². The molecule has 20 heavy (non-hydrogen) atoms. The molecule has 5 nitrogen and oxygen atoms in total. The summed E-state index contributed by atoms with van der Waals surface area (Å²) < 4.78 is 11.9. The lowest BCUT2D eigenvalue weighted by Crippen LogP contribution is -2.64. The number of likely N-dealkylation sites (tertiary alicyclic amines) is 1. The summed E-state index contributed by atoms with van der Waals surface area (Å²) >= 11 is 0. The van der Waals surface area contributed by atoms with Crippen molar-refractivity contribution >= 4 is 5.96 Å². The topological polar surface area (TPSA) is 60.1 Å². The van der Waals surface area contributed by atoms with Crippen molar-refractivity contribution in [3.63, 3.8) is 0 Å². The highest BCUT2D eigenvalue weighted by molar-refractivity contribution is 5.78. The van der Waals surface area contributed by atoms with Crippen LogP contribution in [0.3, 0.4) is 0 Å². The fourth-order valence-electron chi connectivity index (χ4n) is 3.79. The molecule has 0 aromatic rings. The lowest BCUT2D eigenvalue weighted by atomic mass is 9.70. The fraction of sp³-hybridized carbons (Fsp3) is 0.933. The predicted octanol–water partition coefficient (Wildman–Crippen LogP) is 1.51. The van der Waals surface area contributed by atoms with E-state index in [1.807, 2.05) is 6.92 Å². The van der Waals surface area contributed by atoms with Crippen molar-refractivity contribution in [2.45, 2.75) is 63.2 Å². The van der Waals surface area contributed by atoms with Gasteiger partial charge in [-0.3, -0.25) is 0 Å². The Balaban J connectivity index is 1.67. The molecular formula is C15H27N3O2. The van der Waals surface area contributed by atoms with Gasteiger partial charge < -0.3 is 20.1 Å². The van der Waals surface area contributed by atoms with Crippen LogP contribution in [0.4, 0.5) is 0 Å². The van der Waals surface area contributed by atoms with Gasteiger partial charge in [0.05, 0.1) is 12.1 Å². The second-order valence-corrected chi connectivity index (χ2v) is 6.14. The summed E-state index contributed by atoms with van der Waals surface area (Å²) in [4.78, 5) is 7.01. The lowest BCUT2D eigenvalue weighted by molar-refractivity contribution is -0.189. The summed E-state index contributed by atoms with van der Waals surface area (Å²) in [6, 6.07) is 0.184. The largest absolute Gasteiger partial charge is 0.375 e. The summed E-state index contributed by atoms with van der Waals surface area (Å²) in [5.74, 6) is 0.708. The SMILES string of the molecule is CCO[C@@H]1C[C@H](N=C(N)N2CCCCC2)[C@@]12CCCO2. The Kier molecular flexibility index (Phi) is 4.17. The van der Waals surface area contributed by atoms with Gasteiger partial charge in [-0.25, -0.2) is 4.99 Å². The molecule has 2 heterocycles. The molecule has 0 aromatic carbocycles. The first-order valence-corrected chi connectivity index (χ1v) is 8.10. The lowest BCUT2D eigenvalue weighted by Gasteiger charge is -2.50. The van der Waals surface area contributed by atoms with Crippen LogP contribution in [0.15, 0.2) is 4.99 Å². The van der Waals surface area contributed by atoms with Gasteiger partial charge in [0.15, 0.2) is 5.96 Å². The van der Waals surface area contributed by atoms with E-state index in [1.165, 1.54) is 19.3 Å². The van der Waals surface area contributed by atoms with Crippen LogP contribution in [0.2, 0.25) is 0 Å². The van der Waals surface area contributed by atoms with E-state index < -0.39 is 0 Å². The van der Waals surface area contributed by atoms with E-state index in [2.05, 4.69) is 4.90 Å². The van der Waals surface area contributed by atoms with E-state index in [4.69, 9.17) is 20.2 Å². The quantitative estimate of drug-likeness (QED) is 0.629. The number of aliphatic imine (C=N–C) groups is 1. The second-order valence-electron chi connectivity index (χ2n) is 6.14. The smallest absolute Gasteiger partial charge is 0.191 e. The molecule has 1 spiro atoms. The zero-order valence-electron chi connectivity index (χ0n) is 12.5. The normalized spacial score (nSPS) is 38.2. The number of nitrogens with two attached hydrogens (primary N) is 1. The Morgan fingerprint density at radius 1 is 1.35 bits per heavy atom. The van der Waals surface area contributed by atoms with E-state index >= 15 is 0 Å². The molecule has 2 saturated heterocycles. The molecule has 114 valence electrons. The maximum Gasteiger partial charge on any atom is 0.191 e. The molecule has 0 aromatic heterocycles. The molecule has 3 rings (SSSR count). The van der Waals surface area contributed by atoms with Crippen LogP contribution in [0.1, 0.15) is 45.4 Å². The number of guanidine groups is 1. The van der Waals surface area contributed by atoms with Crippen molar-refractivity contribution in [3.8, 4) is 0 Å². The van der Waals surface area contributed by atoms with Crippen molar-refractivity contribution in [1.29, 1.82) is 0 Å². The monoisotopic (exact) mass is 281 g/mol. The molecular weight excluding hydrogens is 254 g/mol. The number of nitrogens with zero attached hydrogens (tertiary/aromatic N) is 2. The van der Waals surface area contributed by atoms with Crippen molar-refractivity contribution in [1.82, 2.24) is 4.90 Å². The van der Waals surface area contributed by atoms with Crippen LogP contribution in [-0.2, 0) is 9.47 Å². The Morgan fingerprint density at radius 3 is 2.80 bits per heavy atom. The molecule has 3 fully saturated rings. The standard InChI is InChI=1S/C15H27N3O2/c1-2-19-13-11-12(15(13)7-6-10-20-15)17-14(16)18-8-4-3-5-9-18/h12-13H,2-11H2,1H3,(H2,16,17)/t12-,13+,15-/m0/s1. The Hall–Kier alpha value is -0.810. The highest BCUT2D eigenvalue weighted by atomic mass is 16.6. The first-order valence-electron chi connectivity index (χ1n) is 8.10. The second kappa shape index (κ2) is 5.90. The molecule has 3 atom stereocenters. The minimum atomic E-state index is -0.184. The maximum atomic E-state index is 6.21. The maximum absolute atomic E-state index is 6.21. The zero-order valence-corrected chi connectivity index (χ0v) is 12.5. The molecule has 0 amide bonds. The molecule has 1 aliphatic carbocycles. The van der Waals surface area contributed by atoms with E-state index in [0.717, 1.165) is 45.6 Å². The number of hydrogen-bond acceptors (Lipinski definition) is 3. The number of piperidine rings is 1. The van der Waals surface area contributed by atoms with E-state index in [-0.39, 0.29) is 17.7 Å². The van der Waals surface area contributed by atoms with Crippen molar-refractivity contribution in [2.75, 3.05) is 26.3 Å². The predicted molar refractivity (Wildman–Crippen MR) is 78.8 cm³/mol. The van der Waals surface area contributed by atoms with Gasteiger partial charge in [-0.1, -0.05) is 0 Å². The first kappa shape index (κ1) is 14.1. The highest BCUT2D eigenvalue weighted by Gasteiger charge is 2.59. The number of hydrogen-bond donors (Lipinski definition) is 1. The van der Waals surface area contributed by atoms with E-state index in [9.17, 15) is 0 Å². The van der Waals surface area contributed by atoms with Gasteiger partial charge in [0, 0.05) is 32.7 Å². The molecule has 5 heteroatoms. The third kappa shape index (κ3) is 2.42. The van der Waals surface area contributed by atoms with Gasteiger partial charge >= 0.3 is 0 Å². The summed E-state index contributed by atoms with van der Waals surface area (Å²) in [5.41, 5.74) is 6.02. The Morgan fingerprint density at radius 2 is 2.15 bits per heavy atom. The molecule has 0 unspecified atom stereocenters. The van der Waals surface area contributed by atoms with Crippen LogP contribution in [0.5, 0.6) is 0 Å². The van der Waals surface area contributed by atoms with Gasteiger partial charge in [-0.05, 0) is 39.0 Å². The molecule has 3 aliphatic rings. The summed E-state index contributed by atoms with van der Waals surface area (Å²) in [5, 5.41) is 0. The van der Waals surface area contributed by atoms with Crippen molar-refractivity contribution in [2.24, 2.45) is 10.7 Å². The van der Waals surface area contributed by atoms with Crippen molar-refractivity contribution < 1.29 is 9.47 Å². The summed E-state index contributed by atoms with van der Waals surface area (Å²) in [6.45, 7) is 5.71. The van der Waals surface area contributed by atoms with E-state index in [1.54, 1.807) is 0 Å². The van der Waals surface area contributed by atoms with Gasteiger partial charge in [0.25, 0.3) is 0 Å². The summed E-state index contributed by atoms with van der Waals surface area (Å²) in [6.07, 6.45) is 7.08. The third-order valence-corrected chi connectivity index (χ3v) is 4.97. The van der Waals surface area contributed by atoms with Crippen LogP contribution in [0.25, 0.3) is 0 Å². The average Bonchev–Trinajstić information content (AvgIpc) is 2.99. The highest BCUT2D eigenvalue weighted by Crippen LogP contribution is 2.47.